The number of allylic oxidation sites excluding steroid dienone is 4. The number of rotatable bonds is 2. The summed E-state index contributed by atoms with van der Waals surface area (Å²) >= 11 is 0. The summed E-state index contributed by atoms with van der Waals surface area (Å²) in [7, 11) is 0. The second kappa shape index (κ2) is 7.56. The van der Waals surface area contributed by atoms with Gasteiger partial charge in [-0.25, -0.2) is 5.32 Å². The van der Waals surface area contributed by atoms with Crippen LogP contribution in [-0.4, -0.2) is 11.2 Å². The summed E-state index contributed by atoms with van der Waals surface area (Å²) in [4.78, 5) is 19.6. The number of nitrogens with zero attached hydrogens (tertiary/aromatic N) is 1. The molecule has 0 amide bonds. The lowest BCUT2D eigenvalue weighted by Gasteiger charge is -1.94. The molecule has 0 bridgehead atoms. The van der Waals surface area contributed by atoms with Gasteiger partial charge in [-0.15, -0.1) is 0 Å². The van der Waals surface area contributed by atoms with E-state index in [1.165, 1.54) is 12.3 Å². The Balaban J connectivity index is 0.000000184. The van der Waals surface area contributed by atoms with E-state index in [1.54, 1.807) is 30.4 Å². The van der Waals surface area contributed by atoms with Crippen molar-refractivity contribution in [3.05, 3.63) is 82.3 Å². The average Bonchev–Trinajstić information content (AvgIpc) is 2.69. The van der Waals surface area contributed by atoms with Crippen molar-refractivity contribution < 1.29 is 9.72 Å². The lowest BCUT2D eigenvalue weighted by molar-refractivity contribution is -0.430. The third-order valence-electron chi connectivity index (χ3n) is 1.94. The van der Waals surface area contributed by atoms with E-state index in [0.717, 1.165) is 11.8 Å². The van der Waals surface area contributed by atoms with Gasteiger partial charge in [0, 0.05) is 11.6 Å². The van der Waals surface area contributed by atoms with Gasteiger partial charge in [0.1, 0.15) is 6.29 Å². The van der Waals surface area contributed by atoms with E-state index in [4.69, 9.17) is 0 Å². The van der Waals surface area contributed by atoms with Gasteiger partial charge in [0.15, 0.2) is 0 Å². The predicted molar refractivity (Wildman–Crippen MR) is 68.3 cm³/mol. The molecule has 0 radical (unpaired) electrons. The minimum atomic E-state index is -0.472. The normalized spacial score (nSPS) is 12.3. The maximum absolute atomic E-state index is 10.1. The van der Waals surface area contributed by atoms with Gasteiger partial charge in [0.25, 0.3) is 0 Å². The zero-order valence-corrected chi connectivity index (χ0v) is 9.52. The molecule has 0 spiro atoms. The largest absolute Gasteiger partial charge is 0.358 e. The molecule has 92 valence electrons. The molecular formula is C13H12N2O3. The summed E-state index contributed by atoms with van der Waals surface area (Å²) in [5, 5.41) is 12.6. The molecule has 5 heteroatoms. The molecule has 0 saturated heterocycles. The van der Waals surface area contributed by atoms with E-state index in [2.05, 4.69) is 5.32 Å². The van der Waals surface area contributed by atoms with E-state index >= 15 is 0 Å². The predicted octanol–water partition coefficient (Wildman–Crippen LogP) is 2.28. The number of hydrogen-bond donors (Lipinski definition) is 1. The molecule has 0 atom stereocenters. The van der Waals surface area contributed by atoms with Gasteiger partial charge >= 0.3 is 5.82 Å². The highest BCUT2D eigenvalue weighted by molar-refractivity contribution is 5.74. The zero-order valence-electron chi connectivity index (χ0n) is 9.52. The standard InChI is InChI=1S/C7H6O.C6H6N2O2/c8-6-7-4-2-1-3-5-7;9-8(10)6-4-2-1-3-5-7-6/h1-6H;1-5,7H. The van der Waals surface area contributed by atoms with Gasteiger partial charge in [-0.05, 0) is 11.0 Å². The molecule has 18 heavy (non-hydrogen) atoms. The Kier molecular flexibility index (Phi) is 5.62. The molecule has 1 N–H and O–H groups in total. The van der Waals surface area contributed by atoms with E-state index in [0.29, 0.717) is 0 Å². The maximum Gasteiger partial charge on any atom is 0.320 e. The third kappa shape index (κ3) is 4.89. The van der Waals surface area contributed by atoms with Crippen LogP contribution in [0.15, 0.2) is 66.7 Å². The van der Waals surface area contributed by atoms with Crippen molar-refractivity contribution >= 4 is 6.29 Å². The van der Waals surface area contributed by atoms with E-state index < -0.39 is 4.92 Å². The maximum atomic E-state index is 10.1. The topological polar surface area (TPSA) is 72.2 Å². The summed E-state index contributed by atoms with van der Waals surface area (Å²) in [5.41, 5.74) is 0.729. The van der Waals surface area contributed by atoms with E-state index in [9.17, 15) is 14.9 Å². The summed E-state index contributed by atoms with van der Waals surface area (Å²) in [5.74, 6) is -0.00926. The van der Waals surface area contributed by atoms with E-state index in [1.807, 2.05) is 18.2 Å². The number of nitro groups is 1. The number of hydrogen-bond acceptors (Lipinski definition) is 4. The summed E-state index contributed by atoms with van der Waals surface area (Å²) in [6, 6.07) is 9.10. The molecule has 0 saturated carbocycles. The van der Waals surface area contributed by atoms with Gasteiger partial charge < -0.3 is 10.1 Å². The molecule has 5 nitrogen and oxygen atoms in total. The van der Waals surface area contributed by atoms with Gasteiger partial charge in [0.05, 0.1) is 6.20 Å². The van der Waals surface area contributed by atoms with Crippen molar-refractivity contribution in [1.29, 1.82) is 0 Å². The van der Waals surface area contributed by atoms with Crippen molar-refractivity contribution in [2.24, 2.45) is 0 Å². The first kappa shape index (κ1) is 13.4. The molecule has 0 unspecified atom stereocenters. The fraction of sp³-hybridized carbons (Fsp3) is 0. The summed E-state index contributed by atoms with van der Waals surface area (Å²) in [6.07, 6.45) is 8.75. The summed E-state index contributed by atoms with van der Waals surface area (Å²) < 4.78 is 0. The average molecular weight is 244 g/mol. The van der Waals surface area contributed by atoms with Crippen LogP contribution in [0, 0.1) is 10.1 Å². The number of carbonyl (C=O) groups is 1. The van der Waals surface area contributed by atoms with Crippen LogP contribution in [0.1, 0.15) is 10.4 Å². The molecule has 1 aliphatic heterocycles. The van der Waals surface area contributed by atoms with Crippen LogP contribution >= 0.6 is 0 Å². The molecule has 1 aromatic carbocycles. The Morgan fingerprint density at radius 2 is 1.83 bits per heavy atom. The Labute approximate surface area is 104 Å². The van der Waals surface area contributed by atoms with Crippen LogP contribution in [-0.2, 0) is 0 Å². The van der Waals surface area contributed by atoms with Crippen molar-refractivity contribution in [2.75, 3.05) is 0 Å². The second-order valence-electron chi connectivity index (χ2n) is 3.23. The van der Waals surface area contributed by atoms with Gasteiger partial charge in [0.2, 0.25) is 0 Å². The van der Waals surface area contributed by atoms with Crippen LogP contribution in [0.25, 0.3) is 0 Å². The monoisotopic (exact) mass is 244 g/mol. The number of aldehydes is 1. The first-order valence-electron chi connectivity index (χ1n) is 5.18. The van der Waals surface area contributed by atoms with Crippen LogP contribution < -0.4 is 5.32 Å². The molecule has 1 aromatic rings. The van der Waals surface area contributed by atoms with Crippen molar-refractivity contribution in [1.82, 2.24) is 5.32 Å². The lowest BCUT2D eigenvalue weighted by atomic mass is 10.2. The molecule has 0 aliphatic carbocycles. The fourth-order valence-corrected chi connectivity index (χ4v) is 1.09. The van der Waals surface area contributed by atoms with Crippen LogP contribution in [0.2, 0.25) is 0 Å². The van der Waals surface area contributed by atoms with Crippen molar-refractivity contribution in [3.8, 4) is 0 Å². The van der Waals surface area contributed by atoms with Crippen LogP contribution in [0.5, 0.6) is 0 Å². The Bertz CT molecular complexity index is 490. The third-order valence-corrected chi connectivity index (χ3v) is 1.94. The first-order valence-corrected chi connectivity index (χ1v) is 5.18. The lowest BCUT2D eigenvalue weighted by Crippen LogP contribution is -2.12. The molecule has 0 aromatic heterocycles. The second-order valence-corrected chi connectivity index (χ2v) is 3.23. The SMILES string of the molecule is O=Cc1ccccc1.O=[N+]([O-])C1=CC=CC=CN1. The van der Waals surface area contributed by atoms with Crippen LogP contribution in [0.4, 0.5) is 0 Å². The highest BCUT2D eigenvalue weighted by Crippen LogP contribution is 1.94. The molecule has 1 aliphatic rings. The quantitative estimate of drug-likeness (QED) is 0.492. The zero-order chi connectivity index (χ0) is 13.2. The Morgan fingerprint density at radius 3 is 2.39 bits per heavy atom. The van der Waals surface area contributed by atoms with Gasteiger partial charge in [-0.1, -0.05) is 42.5 Å². The van der Waals surface area contributed by atoms with Gasteiger partial charge in [-0.3, -0.25) is 4.79 Å². The number of nitrogens with one attached hydrogen (secondary N) is 1. The molecule has 1 heterocycles. The fourth-order valence-electron chi connectivity index (χ4n) is 1.09. The number of carbonyl (C=O) groups excluding carboxylic acids is 1. The van der Waals surface area contributed by atoms with Crippen molar-refractivity contribution in [3.63, 3.8) is 0 Å². The molecular weight excluding hydrogens is 232 g/mol. The highest BCUT2D eigenvalue weighted by atomic mass is 16.6. The van der Waals surface area contributed by atoms with Gasteiger partial charge in [-0.2, -0.15) is 0 Å². The molecule has 0 fully saturated rings. The Morgan fingerprint density at radius 1 is 1.11 bits per heavy atom. The minimum Gasteiger partial charge on any atom is -0.358 e. The summed E-state index contributed by atoms with van der Waals surface area (Å²) in [6.45, 7) is 0. The highest BCUT2D eigenvalue weighted by Gasteiger charge is 2.03. The minimum absolute atomic E-state index is 0.00926. The molecule has 2 rings (SSSR count). The number of benzene rings is 1. The van der Waals surface area contributed by atoms with Crippen LogP contribution in [0.3, 0.4) is 0 Å². The Hall–Kier alpha value is -2.69. The van der Waals surface area contributed by atoms with E-state index in [-0.39, 0.29) is 5.82 Å². The van der Waals surface area contributed by atoms with Crippen molar-refractivity contribution in [2.45, 2.75) is 0 Å². The first-order chi connectivity index (χ1) is 8.74. The smallest absolute Gasteiger partial charge is 0.320 e.